The molecule has 224 valence electrons. The van der Waals surface area contributed by atoms with Crippen LogP contribution in [0.1, 0.15) is 23.0 Å². The van der Waals surface area contributed by atoms with Gasteiger partial charge in [0.25, 0.3) is 0 Å². The van der Waals surface area contributed by atoms with Gasteiger partial charge in [0.1, 0.15) is 59.5 Å². The van der Waals surface area contributed by atoms with Crippen LogP contribution < -0.4 is 9.47 Å². The number of hydrogen-bond acceptors (Lipinski definition) is 10. The molecule has 0 aromatic heterocycles. The Morgan fingerprint density at radius 3 is 1.26 bits per heavy atom. The van der Waals surface area contributed by atoms with Gasteiger partial charge in [0.05, 0.1) is 9.79 Å². The number of aromatic hydroxyl groups is 4. The first kappa shape index (κ1) is 30.5. The number of phenols is 4. The lowest BCUT2D eigenvalue weighted by molar-refractivity contribution is -0.140. The Bertz CT molecular complexity index is 1600. The third-order valence-electron chi connectivity index (χ3n) is 6.32. The second kappa shape index (κ2) is 12.6. The van der Waals surface area contributed by atoms with Gasteiger partial charge in [-0.1, -0.05) is 12.1 Å². The van der Waals surface area contributed by atoms with E-state index in [9.17, 15) is 48.6 Å². The molecule has 2 atom stereocenters. The van der Waals surface area contributed by atoms with Crippen molar-refractivity contribution in [2.45, 2.75) is 21.6 Å². The molecular formula is C30H26O12S. The molecule has 6 N–H and O–H groups in total. The molecule has 4 aromatic rings. The number of phenolic OH excluding ortho intramolecular Hbond substituents is 4. The summed E-state index contributed by atoms with van der Waals surface area (Å²) in [6, 6.07) is 17.5. The monoisotopic (exact) mass is 610 g/mol. The van der Waals surface area contributed by atoms with Crippen molar-refractivity contribution < 1.29 is 58.1 Å². The summed E-state index contributed by atoms with van der Waals surface area (Å²) in [7, 11) is -4.15. The first-order chi connectivity index (χ1) is 20.3. The third kappa shape index (κ3) is 7.45. The average Bonchev–Trinajstić information content (AvgIpc) is 2.92. The van der Waals surface area contributed by atoms with Gasteiger partial charge in [0, 0.05) is 12.1 Å². The van der Waals surface area contributed by atoms with Crippen LogP contribution in [-0.4, -0.2) is 64.2 Å². The summed E-state index contributed by atoms with van der Waals surface area (Å²) in [5.74, 6) is -6.42. The first-order valence-corrected chi connectivity index (χ1v) is 14.0. The van der Waals surface area contributed by atoms with Gasteiger partial charge >= 0.3 is 11.9 Å². The molecule has 0 radical (unpaired) electrons. The predicted molar refractivity (Wildman–Crippen MR) is 150 cm³/mol. The van der Waals surface area contributed by atoms with Crippen molar-refractivity contribution in [1.29, 1.82) is 0 Å². The summed E-state index contributed by atoms with van der Waals surface area (Å²) >= 11 is 0. The van der Waals surface area contributed by atoms with E-state index < -0.39 is 46.8 Å². The van der Waals surface area contributed by atoms with Crippen LogP contribution in [0.25, 0.3) is 0 Å². The molecule has 0 spiro atoms. The number of carboxylic acid groups (broad SMARTS) is 2. The second-order valence-corrected chi connectivity index (χ2v) is 11.4. The zero-order chi connectivity index (χ0) is 31.3. The topological polar surface area (TPSA) is 208 Å². The highest BCUT2D eigenvalue weighted by Crippen LogP contribution is 2.31. The Balaban J connectivity index is 1.51. The SMILES string of the molecule is O=C(O)C(COc1cccc(S(=O)(=O)c2cccc(OCC(C(=O)O)c3cc(O)cc(O)c3)c2)c1)c1cc(O)cc(O)c1. The van der Waals surface area contributed by atoms with Gasteiger partial charge in [0.2, 0.25) is 9.84 Å². The molecular weight excluding hydrogens is 584 g/mol. The summed E-state index contributed by atoms with van der Waals surface area (Å²) in [5, 5.41) is 58.1. The van der Waals surface area contributed by atoms with Gasteiger partial charge < -0.3 is 40.1 Å². The fraction of sp³-hybridized carbons (Fsp3) is 0.133. The van der Waals surface area contributed by atoms with Crippen LogP contribution in [0.3, 0.4) is 0 Å². The van der Waals surface area contributed by atoms with E-state index in [2.05, 4.69) is 0 Å². The van der Waals surface area contributed by atoms with Crippen LogP contribution in [0.2, 0.25) is 0 Å². The fourth-order valence-electron chi connectivity index (χ4n) is 4.22. The Hall–Kier alpha value is -5.43. The predicted octanol–water partition coefficient (Wildman–Crippen LogP) is 3.84. The van der Waals surface area contributed by atoms with Crippen molar-refractivity contribution in [3.8, 4) is 34.5 Å². The van der Waals surface area contributed by atoms with Gasteiger partial charge in [-0.2, -0.15) is 0 Å². The van der Waals surface area contributed by atoms with Crippen LogP contribution >= 0.6 is 0 Å². The summed E-state index contributed by atoms with van der Waals surface area (Å²) in [5.41, 5.74) is 0.160. The maximum Gasteiger partial charge on any atom is 0.314 e. The Labute approximate surface area is 245 Å². The number of carboxylic acids is 2. The zero-order valence-electron chi connectivity index (χ0n) is 22.2. The van der Waals surface area contributed by atoms with Crippen LogP contribution in [0.5, 0.6) is 34.5 Å². The van der Waals surface area contributed by atoms with E-state index in [1.54, 1.807) is 0 Å². The lowest BCUT2D eigenvalue weighted by Gasteiger charge is -2.16. The largest absolute Gasteiger partial charge is 0.508 e. The number of benzene rings is 4. The molecule has 0 aliphatic rings. The standard InChI is InChI=1S/C30H26O12S/c31-19-7-17(8-20(32)11-19)27(29(35)36)15-41-23-3-1-5-25(13-23)43(39,40)26-6-2-4-24(14-26)42-16-28(30(37)38)18-9-21(33)12-22(34)10-18/h1-14,27-28,31-34H,15-16H2,(H,35,36)(H,37,38). The lowest BCUT2D eigenvalue weighted by atomic mass is 9.99. The van der Waals surface area contributed by atoms with E-state index in [0.717, 1.165) is 12.1 Å². The minimum Gasteiger partial charge on any atom is -0.508 e. The molecule has 0 saturated carbocycles. The van der Waals surface area contributed by atoms with Crippen molar-refractivity contribution in [3.63, 3.8) is 0 Å². The van der Waals surface area contributed by atoms with Crippen molar-refractivity contribution in [2.24, 2.45) is 0 Å². The Morgan fingerprint density at radius 2 is 0.930 bits per heavy atom. The van der Waals surface area contributed by atoms with Crippen molar-refractivity contribution in [1.82, 2.24) is 0 Å². The molecule has 0 saturated heterocycles. The van der Waals surface area contributed by atoms with E-state index in [0.29, 0.717) is 0 Å². The van der Waals surface area contributed by atoms with Crippen LogP contribution in [0, 0.1) is 0 Å². The van der Waals surface area contributed by atoms with Gasteiger partial charge in [-0.3, -0.25) is 9.59 Å². The van der Waals surface area contributed by atoms with Crippen molar-refractivity contribution in [2.75, 3.05) is 13.2 Å². The zero-order valence-corrected chi connectivity index (χ0v) is 23.0. The van der Waals surface area contributed by atoms with Gasteiger partial charge in [0.15, 0.2) is 0 Å². The highest BCUT2D eigenvalue weighted by Gasteiger charge is 2.25. The molecule has 4 rings (SSSR count). The summed E-state index contributed by atoms with van der Waals surface area (Å²) in [6.45, 7) is -0.875. The molecule has 0 bridgehead atoms. The van der Waals surface area contributed by atoms with E-state index in [-0.39, 0.29) is 55.4 Å². The number of hydrogen-bond donors (Lipinski definition) is 6. The molecule has 0 fully saturated rings. The van der Waals surface area contributed by atoms with E-state index in [1.807, 2.05) is 0 Å². The molecule has 13 heteroatoms. The summed E-state index contributed by atoms with van der Waals surface area (Å²) < 4.78 is 38.0. The Kier molecular flexibility index (Phi) is 8.95. The highest BCUT2D eigenvalue weighted by molar-refractivity contribution is 7.91. The molecule has 2 unspecified atom stereocenters. The number of sulfone groups is 1. The summed E-state index contributed by atoms with van der Waals surface area (Å²) in [6.07, 6.45) is 0. The molecule has 12 nitrogen and oxygen atoms in total. The van der Waals surface area contributed by atoms with Gasteiger partial charge in [-0.15, -0.1) is 0 Å². The second-order valence-electron chi connectivity index (χ2n) is 9.42. The fourth-order valence-corrected chi connectivity index (χ4v) is 5.55. The number of ether oxygens (including phenoxy) is 2. The quantitative estimate of drug-likeness (QED) is 0.135. The number of rotatable bonds is 12. The maximum absolute atomic E-state index is 13.4. The van der Waals surface area contributed by atoms with Crippen LogP contribution in [-0.2, 0) is 19.4 Å². The van der Waals surface area contributed by atoms with Crippen LogP contribution in [0.15, 0.2) is 94.7 Å². The van der Waals surface area contributed by atoms with Crippen molar-refractivity contribution >= 4 is 21.8 Å². The molecule has 4 aromatic carbocycles. The Morgan fingerprint density at radius 1 is 0.581 bits per heavy atom. The van der Waals surface area contributed by atoms with E-state index in [4.69, 9.17) is 9.47 Å². The van der Waals surface area contributed by atoms with Gasteiger partial charge in [-0.25, -0.2) is 8.42 Å². The number of carbonyl (C=O) groups is 2. The van der Waals surface area contributed by atoms with Crippen LogP contribution in [0.4, 0.5) is 0 Å². The normalized spacial score (nSPS) is 12.7. The lowest BCUT2D eigenvalue weighted by Crippen LogP contribution is -2.19. The van der Waals surface area contributed by atoms with Crippen molar-refractivity contribution in [3.05, 3.63) is 96.1 Å². The molecule has 0 aliphatic heterocycles. The van der Waals surface area contributed by atoms with E-state index in [1.165, 1.54) is 72.8 Å². The molecule has 0 amide bonds. The first-order valence-electron chi connectivity index (χ1n) is 12.6. The minimum absolute atomic E-state index is 0.0442. The van der Waals surface area contributed by atoms with E-state index >= 15 is 0 Å². The summed E-state index contributed by atoms with van der Waals surface area (Å²) in [4.78, 5) is 23.3. The number of aliphatic carboxylic acids is 2. The third-order valence-corrected chi connectivity index (χ3v) is 8.06. The van der Waals surface area contributed by atoms with Gasteiger partial charge in [-0.05, 0) is 71.8 Å². The molecule has 0 heterocycles. The smallest absolute Gasteiger partial charge is 0.314 e. The average molecular weight is 611 g/mol. The highest BCUT2D eigenvalue weighted by atomic mass is 32.2. The molecule has 43 heavy (non-hydrogen) atoms. The molecule has 0 aliphatic carbocycles. The minimum atomic E-state index is -4.15. The maximum atomic E-state index is 13.4.